The number of carbonyl (C=O) groups excluding carboxylic acids is 1. The van der Waals surface area contributed by atoms with E-state index < -0.39 is 0 Å². The summed E-state index contributed by atoms with van der Waals surface area (Å²) in [5.74, 6) is 1.26. The molecule has 3 atom stereocenters. The normalized spacial score (nSPS) is 30.8. The molecule has 0 spiro atoms. The van der Waals surface area contributed by atoms with Crippen LogP contribution in [-0.4, -0.2) is 35.1 Å². The summed E-state index contributed by atoms with van der Waals surface area (Å²) in [5.41, 5.74) is 0. The van der Waals surface area contributed by atoms with E-state index in [0.29, 0.717) is 24.2 Å². The number of aliphatic hydroxyl groups excluding tert-OH is 1. The molecule has 0 aromatic carbocycles. The number of aliphatic hydroxyl groups is 1. The van der Waals surface area contributed by atoms with Crippen molar-refractivity contribution in [3.05, 3.63) is 0 Å². The second kappa shape index (κ2) is 6.55. The molecule has 3 unspecified atom stereocenters. The highest BCUT2D eigenvalue weighted by Gasteiger charge is 2.42. The Hall–Kier alpha value is -0.570. The minimum absolute atomic E-state index is 0.155. The SMILES string of the molecule is CCCCCCCC(=O)N1CC2CCC(O)C2C1. The molecule has 1 N–H and O–H groups in total. The van der Waals surface area contributed by atoms with Gasteiger partial charge >= 0.3 is 0 Å². The molecular weight excluding hydrogens is 226 g/mol. The molecule has 1 aliphatic carbocycles. The molecule has 3 nitrogen and oxygen atoms in total. The Bertz CT molecular complexity index is 280. The minimum Gasteiger partial charge on any atom is -0.393 e. The monoisotopic (exact) mass is 253 g/mol. The Kier molecular flexibility index (Phi) is 5.04. The second-order valence-electron chi connectivity index (χ2n) is 6.03. The predicted octanol–water partition coefficient (Wildman–Crippen LogP) is 2.58. The summed E-state index contributed by atoms with van der Waals surface area (Å²) in [6.07, 6.45) is 8.61. The summed E-state index contributed by atoms with van der Waals surface area (Å²) in [7, 11) is 0. The molecule has 2 aliphatic rings. The lowest BCUT2D eigenvalue weighted by Gasteiger charge is -2.18. The van der Waals surface area contributed by atoms with E-state index in [-0.39, 0.29) is 6.10 Å². The highest BCUT2D eigenvalue weighted by Crippen LogP contribution is 2.38. The second-order valence-corrected chi connectivity index (χ2v) is 6.03. The first kappa shape index (κ1) is 13.9. The molecule has 1 saturated heterocycles. The van der Waals surface area contributed by atoms with Crippen LogP contribution in [0.5, 0.6) is 0 Å². The van der Waals surface area contributed by atoms with Crippen molar-refractivity contribution in [3.63, 3.8) is 0 Å². The number of hydrogen-bond acceptors (Lipinski definition) is 2. The van der Waals surface area contributed by atoms with Crippen LogP contribution in [-0.2, 0) is 4.79 Å². The van der Waals surface area contributed by atoms with Gasteiger partial charge in [0.25, 0.3) is 0 Å². The van der Waals surface area contributed by atoms with E-state index in [0.717, 1.165) is 32.4 Å². The first-order valence-corrected chi connectivity index (χ1v) is 7.68. The Morgan fingerprint density at radius 1 is 1.17 bits per heavy atom. The topological polar surface area (TPSA) is 40.5 Å². The summed E-state index contributed by atoms with van der Waals surface area (Å²) < 4.78 is 0. The number of hydrogen-bond donors (Lipinski definition) is 1. The maximum absolute atomic E-state index is 12.1. The van der Waals surface area contributed by atoms with Crippen molar-refractivity contribution >= 4 is 5.91 Å². The maximum atomic E-state index is 12.1. The van der Waals surface area contributed by atoms with Crippen LogP contribution in [0, 0.1) is 11.8 Å². The average Bonchev–Trinajstić information content (AvgIpc) is 2.92. The fourth-order valence-electron chi connectivity index (χ4n) is 3.48. The highest BCUT2D eigenvalue weighted by atomic mass is 16.3. The molecule has 0 aromatic rings. The standard InChI is InChI=1S/C15H27NO2/c1-2-3-4-5-6-7-15(18)16-10-12-8-9-14(17)13(12)11-16/h12-14,17H,2-11H2,1H3. The molecule has 1 saturated carbocycles. The zero-order valence-corrected chi connectivity index (χ0v) is 11.6. The lowest BCUT2D eigenvalue weighted by atomic mass is 10.00. The van der Waals surface area contributed by atoms with Gasteiger partial charge in [0.1, 0.15) is 0 Å². The number of rotatable bonds is 6. The van der Waals surface area contributed by atoms with Gasteiger partial charge in [0.15, 0.2) is 0 Å². The molecule has 104 valence electrons. The van der Waals surface area contributed by atoms with Crippen LogP contribution in [0.1, 0.15) is 58.3 Å². The lowest BCUT2D eigenvalue weighted by Crippen LogP contribution is -2.30. The van der Waals surface area contributed by atoms with E-state index in [1.807, 2.05) is 4.90 Å². The van der Waals surface area contributed by atoms with E-state index in [1.54, 1.807) is 0 Å². The first-order chi connectivity index (χ1) is 8.72. The Labute approximate surface area is 111 Å². The molecule has 1 aliphatic heterocycles. The Morgan fingerprint density at radius 3 is 2.67 bits per heavy atom. The van der Waals surface area contributed by atoms with Crippen molar-refractivity contribution in [2.75, 3.05) is 13.1 Å². The van der Waals surface area contributed by atoms with Gasteiger partial charge in [-0.25, -0.2) is 0 Å². The molecule has 2 fully saturated rings. The van der Waals surface area contributed by atoms with E-state index in [2.05, 4.69) is 6.92 Å². The lowest BCUT2D eigenvalue weighted by molar-refractivity contribution is -0.130. The largest absolute Gasteiger partial charge is 0.393 e. The minimum atomic E-state index is -0.155. The summed E-state index contributed by atoms with van der Waals surface area (Å²) in [6.45, 7) is 3.91. The van der Waals surface area contributed by atoms with Crippen LogP contribution in [0.4, 0.5) is 0 Å². The number of amides is 1. The van der Waals surface area contributed by atoms with Crippen molar-refractivity contribution < 1.29 is 9.90 Å². The molecule has 0 bridgehead atoms. The zero-order valence-electron chi connectivity index (χ0n) is 11.6. The van der Waals surface area contributed by atoms with Gasteiger partial charge in [-0.05, 0) is 25.2 Å². The van der Waals surface area contributed by atoms with Gasteiger partial charge < -0.3 is 10.0 Å². The quantitative estimate of drug-likeness (QED) is 0.739. The van der Waals surface area contributed by atoms with Crippen molar-refractivity contribution in [3.8, 4) is 0 Å². The van der Waals surface area contributed by atoms with Crippen LogP contribution in [0.25, 0.3) is 0 Å². The van der Waals surface area contributed by atoms with Gasteiger partial charge in [0, 0.05) is 25.4 Å². The van der Waals surface area contributed by atoms with E-state index in [1.165, 1.54) is 25.7 Å². The van der Waals surface area contributed by atoms with Crippen LogP contribution in [0.2, 0.25) is 0 Å². The fourth-order valence-corrected chi connectivity index (χ4v) is 3.48. The summed E-state index contributed by atoms with van der Waals surface area (Å²) in [6, 6.07) is 0. The van der Waals surface area contributed by atoms with E-state index in [4.69, 9.17) is 0 Å². The average molecular weight is 253 g/mol. The smallest absolute Gasteiger partial charge is 0.222 e. The van der Waals surface area contributed by atoms with Crippen LogP contribution in [0.3, 0.4) is 0 Å². The Morgan fingerprint density at radius 2 is 1.94 bits per heavy atom. The van der Waals surface area contributed by atoms with Crippen molar-refractivity contribution in [1.29, 1.82) is 0 Å². The van der Waals surface area contributed by atoms with E-state index in [9.17, 15) is 9.90 Å². The van der Waals surface area contributed by atoms with Crippen LogP contribution in [0.15, 0.2) is 0 Å². The van der Waals surface area contributed by atoms with Crippen molar-refractivity contribution in [2.24, 2.45) is 11.8 Å². The number of likely N-dealkylation sites (tertiary alicyclic amines) is 1. The molecular formula is C15H27NO2. The summed E-state index contributed by atoms with van der Waals surface area (Å²) in [4.78, 5) is 14.1. The van der Waals surface area contributed by atoms with Gasteiger partial charge in [-0.2, -0.15) is 0 Å². The maximum Gasteiger partial charge on any atom is 0.222 e. The molecule has 1 amide bonds. The number of nitrogens with zero attached hydrogens (tertiary/aromatic N) is 1. The zero-order chi connectivity index (χ0) is 13.0. The molecule has 1 heterocycles. The molecule has 3 heteroatoms. The highest BCUT2D eigenvalue weighted by molar-refractivity contribution is 5.76. The van der Waals surface area contributed by atoms with Crippen LogP contribution >= 0.6 is 0 Å². The summed E-state index contributed by atoms with van der Waals surface area (Å²) >= 11 is 0. The number of carbonyl (C=O) groups is 1. The Balaban J connectivity index is 1.65. The van der Waals surface area contributed by atoms with Gasteiger partial charge in [0.2, 0.25) is 5.91 Å². The number of unbranched alkanes of at least 4 members (excludes halogenated alkanes) is 4. The molecule has 2 rings (SSSR count). The summed E-state index contributed by atoms with van der Waals surface area (Å²) in [5, 5.41) is 9.83. The molecule has 0 aromatic heterocycles. The van der Waals surface area contributed by atoms with Gasteiger partial charge in [-0.1, -0.05) is 32.6 Å². The van der Waals surface area contributed by atoms with Crippen LogP contribution < -0.4 is 0 Å². The van der Waals surface area contributed by atoms with Gasteiger partial charge in [-0.15, -0.1) is 0 Å². The number of fused-ring (bicyclic) bond motifs is 1. The van der Waals surface area contributed by atoms with Gasteiger partial charge in [-0.3, -0.25) is 4.79 Å². The van der Waals surface area contributed by atoms with Crippen molar-refractivity contribution in [2.45, 2.75) is 64.4 Å². The molecule has 0 radical (unpaired) electrons. The van der Waals surface area contributed by atoms with Gasteiger partial charge in [0.05, 0.1) is 6.10 Å². The third kappa shape index (κ3) is 3.25. The first-order valence-electron chi connectivity index (χ1n) is 7.68. The fraction of sp³-hybridized carbons (Fsp3) is 0.933. The van der Waals surface area contributed by atoms with E-state index >= 15 is 0 Å². The third-order valence-electron chi connectivity index (χ3n) is 4.67. The predicted molar refractivity (Wildman–Crippen MR) is 72.2 cm³/mol. The third-order valence-corrected chi connectivity index (χ3v) is 4.67. The van der Waals surface area contributed by atoms with Crippen molar-refractivity contribution in [1.82, 2.24) is 4.90 Å². The molecule has 18 heavy (non-hydrogen) atoms.